The number of carbonyl (C=O) groups is 6. The van der Waals surface area contributed by atoms with Crippen LogP contribution in [0.4, 0.5) is 0 Å². The first-order valence-electron chi connectivity index (χ1n) is 10.8. The predicted molar refractivity (Wildman–Crippen MR) is 124 cm³/mol. The molecular weight excluding hydrogens is 478 g/mol. The molecule has 0 saturated heterocycles. The second-order valence-electron chi connectivity index (χ2n) is 7.94. The summed E-state index contributed by atoms with van der Waals surface area (Å²) >= 11 is 0. The van der Waals surface area contributed by atoms with Crippen LogP contribution in [0, 0.1) is 0 Å². The van der Waals surface area contributed by atoms with Gasteiger partial charge in [-0.05, 0) is 18.1 Å². The number of nitrogens with two attached hydrogens (primary N) is 1. The zero-order valence-corrected chi connectivity index (χ0v) is 19.0. The van der Waals surface area contributed by atoms with Crippen molar-refractivity contribution in [3.8, 4) is 0 Å². The van der Waals surface area contributed by atoms with Gasteiger partial charge in [0.1, 0.15) is 12.1 Å². The number of aliphatic carboxylic acids is 3. The molecule has 14 nitrogen and oxygen atoms in total. The second-order valence-corrected chi connectivity index (χ2v) is 7.94. The van der Waals surface area contributed by atoms with E-state index in [1.54, 1.807) is 24.4 Å². The van der Waals surface area contributed by atoms with Crippen LogP contribution in [0.3, 0.4) is 0 Å². The molecule has 1 aromatic heterocycles. The number of hydrogen-bond donors (Lipinski definition) is 8. The highest BCUT2D eigenvalue weighted by molar-refractivity contribution is 5.94. The molecule has 2 aromatic rings. The molecule has 0 aliphatic carbocycles. The number of aromatic nitrogens is 1. The summed E-state index contributed by atoms with van der Waals surface area (Å²) in [6.45, 7) is -0.656. The zero-order valence-electron chi connectivity index (χ0n) is 19.0. The lowest BCUT2D eigenvalue weighted by molar-refractivity contribution is -0.143. The Kier molecular flexibility index (Phi) is 9.92. The largest absolute Gasteiger partial charge is 0.481 e. The number of carbonyl (C=O) groups excluding carboxylic acids is 3. The van der Waals surface area contributed by atoms with E-state index in [0.717, 1.165) is 10.9 Å². The summed E-state index contributed by atoms with van der Waals surface area (Å²) in [4.78, 5) is 73.2. The lowest BCUT2D eigenvalue weighted by Crippen LogP contribution is -2.54. The average molecular weight is 505 g/mol. The average Bonchev–Trinajstić information content (AvgIpc) is 3.21. The molecule has 3 amide bonds. The van der Waals surface area contributed by atoms with Crippen LogP contribution in [0.2, 0.25) is 0 Å². The number of carboxylic acid groups (broad SMARTS) is 3. The Hall–Kier alpha value is -4.46. The van der Waals surface area contributed by atoms with Crippen LogP contribution in [0.1, 0.15) is 24.8 Å². The summed E-state index contributed by atoms with van der Waals surface area (Å²) in [5.41, 5.74) is 7.03. The SMILES string of the molecule is NC(CC(=O)O)C(=O)NC(Cc1c[nH]c2ccccc12)C(=O)NCC(=O)NC(CCC(=O)O)C(=O)O. The van der Waals surface area contributed by atoms with Gasteiger partial charge in [0.05, 0.1) is 19.0 Å². The third-order valence-electron chi connectivity index (χ3n) is 5.17. The number of rotatable bonds is 14. The fourth-order valence-corrected chi connectivity index (χ4v) is 3.35. The monoisotopic (exact) mass is 505 g/mol. The minimum Gasteiger partial charge on any atom is -0.481 e. The fourth-order valence-electron chi connectivity index (χ4n) is 3.35. The maximum absolute atomic E-state index is 12.9. The second kappa shape index (κ2) is 12.9. The Morgan fingerprint density at radius 3 is 2.25 bits per heavy atom. The number of benzene rings is 1. The number of nitrogens with one attached hydrogen (secondary N) is 4. The number of hydrogen-bond acceptors (Lipinski definition) is 7. The topological polar surface area (TPSA) is 241 Å². The third-order valence-corrected chi connectivity index (χ3v) is 5.17. The van der Waals surface area contributed by atoms with Gasteiger partial charge < -0.3 is 42.0 Å². The molecular formula is C22H27N5O9. The molecule has 0 spiro atoms. The molecule has 0 bridgehead atoms. The molecule has 9 N–H and O–H groups in total. The van der Waals surface area contributed by atoms with Gasteiger partial charge in [0, 0.05) is 29.9 Å². The van der Waals surface area contributed by atoms with Crippen LogP contribution < -0.4 is 21.7 Å². The van der Waals surface area contributed by atoms with Gasteiger partial charge in [-0.25, -0.2) is 4.79 Å². The molecule has 3 unspecified atom stereocenters. The number of fused-ring (bicyclic) bond motifs is 1. The van der Waals surface area contributed by atoms with Gasteiger partial charge >= 0.3 is 17.9 Å². The maximum atomic E-state index is 12.9. The van der Waals surface area contributed by atoms with Crippen molar-refractivity contribution in [2.24, 2.45) is 5.73 Å². The summed E-state index contributed by atoms with van der Waals surface area (Å²) in [6, 6.07) is 3.05. The number of H-pyrrole nitrogens is 1. The van der Waals surface area contributed by atoms with E-state index in [9.17, 15) is 28.8 Å². The summed E-state index contributed by atoms with van der Waals surface area (Å²) < 4.78 is 0. The summed E-state index contributed by atoms with van der Waals surface area (Å²) in [6.07, 6.45) is 0.104. The molecule has 0 saturated carbocycles. The van der Waals surface area contributed by atoms with Crippen LogP contribution in [-0.4, -0.2) is 80.6 Å². The molecule has 36 heavy (non-hydrogen) atoms. The first-order valence-corrected chi connectivity index (χ1v) is 10.8. The number of carboxylic acids is 3. The normalized spacial score (nSPS) is 13.2. The molecule has 0 radical (unpaired) electrons. The van der Waals surface area contributed by atoms with E-state index in [0.29, 0.717) is 5.56 Å². The lowest BCUT2D eigenvalue weighted by Gasteiger charge is -2.20. The quantitative estimate of drug-likeness (QED) is 0.148. The Morgan fingerprint density at radius 1 is 0.917 bits per heavy atom. The standard InChI is InChI=1S/C22H27N5O9/c23-13(8-19(31)32)20(33)27-16(7-11-9-24-14-4-2-1-3-12(11)14)21(34)25-10-17(28)26-15(22(35)36)5-6-18(29)30/h1-4,9,13,15-16,24H,5-8,10,23H2,(H,25,34)(H,26,28)(H,27,33)(H,29,30)(H,31,32)(H,35,36). The van der Waals surface area contributed by atoms with Crippen molar-refractivity contribution in [1.82, 2.24) is 20.9 Å². The molecule has 0 aliphatic rings. The molecule has 2 rings (SSSR count). The lowest BCUT2D eigenvalue weighted by atomic mass is 10.0. The van der Waals surface area contributed by atoms with E-state index < -0.39 is 73.1 Å². The Balaban J connectivity index is 2.10. The molecule has 194 valence electrons. The third kappa shape index (κ3) is 8.39. The zero-order chi connectivity index (χ0) is 26.8. The van der Waals surface area contributed by atoms with Gasteiger partial charge in [-0.1, -0.05) is 18.2 Å². The Bertz CT molecular complexity index is 1150. The van der Waals surface area contributed by atoms with Crippen LogP contribution in [0.15, 0.2) is 30.5 Å². The van der Waals surface area contributed by atoms with Crippen molar-refractivity contribution < 1.29 is 44.1 Å². The van der Waals surface area contributed by atoms with Gasteiger partial charge in [0.15, 0.2) is 0 Å². The summed E-state index contributed by atoms with van der Waals surface area (Å²) in [5, 5.41) is 34.3. The highest BCUT2D eigenvalue weighted by atomic mass is 16.4. The number of para-hydroxylation sites is 1. The van der Waals surface area contributed by atoms with Crippen molar-refractivity contribution >= 4 is 46.5 Å². The van der Waals surface area contributed by atoms with E-state index in [-0.39, 0.29) is 12.8 Å². The van der Waals surface area contributed by atoms with E-state index in [1.807, 2.05) is 6.07 Å². The highest BCUT2D eigenvalue weighted by Gasteiger charge is 2.27. The Labute approximate surface area is 204 Å². The van der Waals surface area contributed by atoms with Crippen LogP contribution >= 0.6 is 0 Å². The molecule has 0 fully saturated rings. The van der Waals surface area contributed by atoms with E-state index in [2.05, 4.69) is 20.9 Å². The fraction of sp³-hybridized carbons (Fsp3) is 0.364. The van der Waals surface area contributed by atoms with Gasteiger partial charge in [-0.15, -0.1) is 0 Å². The molecule has 3 atom stereocenters. The van der Waals surface area contributed by atoms with Crippen LogP contribution in [0.25, 0.3) is 10.9 Å². The van der Waals surface area contributed by atoms with Gasteiger partial charge in [-0.2, -0.15) is 0 Å². The van der Waals surface area contributed by atoms with Crippen LogP contribution in [0.5, 0.6) is 0 Å². The number of aromatic amines is 1. The van der Waals surface area contributed by atoms with Gasteiger partial charge in [0.25, 0.3) is 0 Å². The molecule has 14 heteroatoms. The number of amides is 3. The van der Waals surface area contributed by atoms with Crippen molar-refractivity contribution in [1.29, 1.82) is 0 Å². The predicted octanol–water partition coefficient (Wildman–Crippen LogP) is -1.45. The smallest absolute Gasteiger partial charge is 0.326 e. The summed E-state index contributed by atoms with van der Waals surface area (Å²) in [5.74, 6) is -6.55. The first-order chi connectivity index (χ1) is 17.0. The molecule has 1 aromatic carbocycles. The van der Waals surface area contributed by atoms with Crippen molar-refractivity contribution in [3.05, 3.63) is 36.0 Å². The van der Waals surface area contributed by atoms with Gasteiger partial charge in [-0.3, -0.25) is 24.0 Å². The first kappa shape index (κ1) is 27.8. The van der Waals surface area contributed by atoms with Gasteiger partial charge in [0.2, 0.25) is 17.7 Å². The van der Waals surface area contributed by atoms with Crippen molar-refractivity contribution in [3.63, 3.8) is 0 Å². The highest BCUT2D eigenvalue weighted by Crippen LogP contribution is 2.19. The van der Waals surface area contributed by atoms with Crippen molar-refractivity contribution in [2.75, 3.05) is 6.54 Å². The van der Waals surface area contributed by atoms with E-state index in [1.165, 1.54) is 0 Å². The van der Waals surface area contributed by atoms with E-state index in [4.69, 9.17) is 21.1 Å². The Morgan fingerprint density at radius 2 is 1.61 bits per heavy atom. The molecule has 0 aliphatic heterocycles. The minimum absolute atomic E-state index is 0.0284. The summed E-state index contributed by atoms with van der Waals surface area (Å²) in [7, 11) is 0. The van der Waals surface area contributed by atoms with Crippen molar-refractivity contribution in [2.45, 2.75) is 43.8 Å². The van der Waals surface area contributed by atoms with E-state index >= 15 is 0 Å². The van der Waals surface area contributed by atoms with Crippen LogP contribution in [-0.2, 0) is 35.2 Å². The maximum Gasteiger partial charge on any atom is 0.326 e. The molecule has 1 heterocycles. The minimum atomic E-state index is -1.47.